The Hall–Kier alpha value is -1.92. The Labute approximate surface area is 168 Å². The van der Waals surface area contributed by atoms with Crippen LogP contribution in [0.2, 0.25) is 0 Å². The molecule has 4 nitrogen and oxygen atoms in total. The Kier molecular flexibility index (Phi) is 6.27. The van der Waals surface area contributed by atoms with Gasteiger partial charge in [0, 0.05) is 34.0 Å². The lowest BCUT2D eigenvalue weighted by Gasteiger charge is -2.35. The van der Waals surface area contributed by atoms with Gasteiger partial charge < -0.3 is 10.2 Å². The van der Waals surface area contributed by atoms with Crippen molar-refractivity contribution in [3.8, 4) is 0 Å². The van der Waals surface area contributed by atoms with Crippen molar-refractivity contribution >= 4 is 50.5 Å². The quantitative estimate of drug-likeness (QED) is 0.674. The van der Waals surface area contributed by atoms with Crippen LogP contribution in [-0.2, 0) is 0 Å². The number of hydrogen-bond donors (Lipinski definition) is 2. The van der Waals surface area contributed by atoms with Crippen molar-refractivity contribution in [3.63, 3.8) is 0 Å². The molecule has 2 aromatic carbocycles. The largest absolute Gasteiger partial charge is 0.369 e. The summed E-state index contributed by atoms with van der Waals surface area (Å²) >= 11 is 8.62. The SMILES string of the molecule is C[C@H]1CCCCN1c1ccc(NC(=S)NC(=O)c2cccc(Br)c2)cc1. The van der Waals surface area contributed by atoms with Crippen molar-refractivity contribution in [1.29, 1.82) is 0 Å². The van der Waals surface area contributed by atoms with E-state index in [1.165, 1.54) is 24.9 Å². The molecule has 0 aromatic heterocycles. The first-order chi connectivity index (χ1) is 12.5. The first-order valence-corrected chi connectivity index (χ1v) is 9.97. The minimum atomic E-state index is -0.234. The molecule has 1 saturated heterocycles. The fourth-order valence-electron chi connectivity index (χ4n) is 3.19. The maximum Gasteiger partial charge on any atom is 0.257 e. The summed E-state index contributed by atoms with van der Waals surface area (Å²) in [5.74, 6) is -0.234. The number of carbonyl (C=O) groups excluding carboxylic acids is 1. The van der Waals surface area contributed by atoms with E-state index in [-0.39, 0.29) is 11.0 Å². The van der Waals surface area contributed by atoms with Gasteiger partial charge in [-0.15, -0.1) is 0 Å². The van der Waals surface area contributed by atoms with Gasteiger partial charge in [-0.25, -0.2) is 0 Å². The molecule has 1 atom stereocenters. The number of hydrogen-bond acceptors (Lipinski definition) is 3. The van der Waals surface area contributed by atoms with Gasteiger partial charge in [-0.05, 0) is 80.9 Å². The number of amides is 1. The Morgan fingerprint density at radius 3 is 2.65 bits per heavy atom. The highest BCUT2D eigenvalue weighted by molar-refractivity contribution is 9.10. The monoisotopic (exact) mass is 431 g/mol. The smallest absolute Gasteiger partial charge is 0.257 e. The van der Waals surface area contributed by atoms with Crippen molar-refractivity contribution in [2.45, 2.75) is 32.2 Å². The molecular weight excluding hydrogens is 410 g/mol. The van der Waals surface area contributed by atoms with Crippen LogP contribution in [0.4, 0.5) is 11.4 Å². The van der Waals surface area contributed by atoms with E-state index in [4.69, 9.17) is 12.2 Å². The summed E-state index contributed by atoms with van der Waals surface area (Å²) in [6.07, 6.45) is 3.80. The molecule has 2 N–H and O–H groups in total. The molecule has 1 heterocycles. The second kappa shape index (κ2) is 8.64. The van der Waals surface area contributed by atoms with Crippen LogP contribution >= 0.6 is 28.1 Å². The predicted octanol–water partition coefficient (Wildman–Crippen LogP) is 4.95. The number of piperidine rings is 1. The molecule has 0 radical (unpaired) electrons. The van der Waals surface area contributed by atoms with Gasteiger partial charge in [0.05, 0.1) is 0 Å². The van der Waals surface area contributed by atoms with E-state index in [0.717, 1.165) is 16.7 Å². The number of nitrogens with zero attached hydrogens (tertiary/aromatic N) is 1. The van der Waals surface area contributed by atoms with E-state index in [0.29, 0.717) is 11.6 Å². The molecule has 0 spiro atoms. The average molecular weight is 432 g/mol. The van der Waals surface area contributed by atoms with Crippen LogP contribution in [-0.4, -0.2) is 23.6 Å². The van der Waals surface area contributed by atoms with Crippen molar-refractivity contribution in [1.82, 2.24) is 5.32 Å². The summed E-state index contributed by atoms with van der Waals surface area (Å²) < 4.78 is 0.853. The highest BCUT2D eigenvalue weighted by atomic mass is 79.9. The summed E-state index contributed by atoms with van der Waals surface area (Å²) in [5.41, 5.74) is 2.64. The zero-order valence-corrected chi connectivity index (χ0v) is 17.1. The zero-order chi connectivity index (χ0) is 18.5. The van der Waals surface area contributed by atoms with Crippen molar-refractivity contribution in [2.24, 2.45) is 0 Å². The second-order valence-corrected chi connectivity index (χ2v) is 7.83. The number of nitrogens with one attached hydrogen (secondary N) is 2. The maximum absolute atomic E-state index is 12.2. The summed E-state index contributed by atoms with van der Waals surface area (Å²) in [7, 11) is 0. The Balaban J connectivity index is 1.58. The molecule has 26 heavy (non-hydrogen) atoms. The fourth-order valence-corrected chi connectivity index (χ4v) is 3.80. The van der Waals surface area contributed by atoms with E-state index in [1.807, 2.05) is 24.3 Å². The molecule has 0 bridgehead atoms. The summed E-state index contributed by atoms with van der Waals surface area (Å²) in [5, 5.41) is 6.06. The van der Waals surface area contributed by atoms with E-state index < -0.39 is 0 Å². The predicted molar refractivity (Wildman–Crippen MR) is 115 cm³/mol. The minimum Gasteiger partial charge on any atom is -0.369 e. The van der Waals surface area contributed by atoms with Gasteiger partial charge in [0.1, 0.15) is 0 Å². The topological polar surface area (TPSA) is 44.4 Å². The average Bonchev–Trinajstić information content (AvgIpc) is 2.63. The first-order valence-electron chi connectivity index (χ1n) is 8.77. The Morgan fingerprint density at radius 1 is 1.19 bits per heavy atom. The highest BCUT2D eigenvalue weighted by Crippen LogP contribution is 2.25. The Morgan fingerprint density at radius 2 is 1.96 bits per heavy atom. The standard InChI is InChI=1S/C20H22BrN3OS/c1-14-5-2-3-12-24(14)18-10-8-17(9-11-18)22-20(26)23-19(25)15-6-4-7-16(21)13-15/h4,6-11,13-14H,2-3,5,12H2,1H3,(H2,22,23,25,26)/t14-/m0/s1. The third-order valence-corrected chi connectivity index (χ3v) is 5.27. The number of benzene rings is 2. The van der Waals surface area contributed by atoms with E-state index >= 15 is 0 Å². The minimum absolute atomic E-state index is 0.234. The normalized spacial score (nSPS) is 16.8. The van der Waals surface area contributed by atoms with E-state index in [1.54, 1.807) is 12.1 Å². The van der Waals surface area contributed by atoms with Crippen LogP contribution in [0.5, 0.6) is 0 Å². The molecule has 0 saturated carbocycles. The third-order valence-electron chi connectivity index (χ3n) is 4.57. The van der Waals surface area contributed by atoms with Gasteiger partial charge in [-0.2, -0.15) is 0 Å². The lowest BCUT2D eigenvalue weighted by atomic mass is 10.0. The number of halogens is 1. The number of thiocarbonyl (C=S) groups is 1. The molecule has 1 amide bonds. The Bertz CT molecular complexity index is 794. The number of rotatable bonds is 3. The molecule has 136 valence electrons. The highest BCUT2D eigenvalue weighted by Gasteiger charge is 2.18. The van der Waals surface area contributed by atoms with Crippen molar-refractivity contribution in [3.05, 3.63) is 58.6 Å². The third kappa shape index (κ3) is 4.83. The number of anilines is 2. The fraction of sp³-hybridized carbons (Fsp3) is 0.300. The molecule has 2 aromatic rings. The molecule has 3 rings (SSSR count). The molecular formula is C20H22BrN3OS. The van der Waals surface area contributed by atoms with Gasteiger partial charge in [0.2, 0.25) is 0 Å². The van der Waals surface area contributed by atoms with Gasteiger partial charge >= 0.3 is 0 Å². The van der Waals surface area contributed by atoms with Crippen LogP contribution in [0.25, 0.3) is 0 Å². The number of carbonyl (C=O) groups is 1. The molecule has 0 aliphatic carbocycles. The summed E-state index contributed by atoms with van der Waals surface area (Å²) in [6, 6.07) is 16.0. The molecule has 6 heteroatoms. The van der Waals surface area contributed by atoms with Gasteiger partial charge in [0.15, 0.2) is 5.11 Å². The second-order valence-electron chi connectivity index (χ2n) is 6.50. The van der Waals surface area contributed by atoms with Crippen LogP contribution in [0.1, 0.15) is 36.5 Å². The van der Waals surface area contributed by atoms with Gasteiger partial charge in [-0.3, -0.25) is 10.1 Å². The summed E-state index contributed by atoms with van der Waals surface area (Å²) in [4.78, 5) is 14.7. The van der Waals surface area contributed by atoms with Crippen molar-refractivity contribution < 1.29 is 4.79 Å². The first kappa shape index (κ1) is 18.9. The molecule has 1 fully saturated rings. The summed E-state index contributed by atoms with van der Waals surface area (Å²) in [6.45, 7) is 3.38. The molecule has 1 aliphatic rings. The lowest BCUT2D eigenvalue weighted by Crippen LogP contribution is -2.37. The molecule has 0 unspecified atom stereocenters. The van der Waals surface area contributed by atoms with Crippen molar-refractivity contribution in [2.75, 3.05) is 16.8 Å². The van der Waals surface area contributed by atoms with Crippen LogP contribution in [0.3, 0.4) is 0 Å². The van der Waals surface area contributed by atoms with Gasteiger partial charge in [0.25, 0.3) is 5.91 Å². The van der Waals surface area contributed by atoms with Crippen LogP contribution < -0.4 is 15.5 Å². The van der Waals surface area contributed by atoms with E-state index in [9.17, 15) is 4.79 Å². The van der Waals surface area contributed by atoms with E-state index in [2.05, 4.69) is 50.5 Å². The van der Waals surface area contributed by atoms with Gasteiger partial charge in [-0.1, -0.05) is 22.0 Å². The lowest BCUT2D eigenvalue weighted by molar-refractivity contribution is 0.0977. The molecule has 1 aliphatic heterocycles. The maximum atomic E-state index is 12.2. The zero-order valence-electron chi connectivity index (χ0n) is 14.7. The van der Waals surface area contributed by atoms with Crippen LogP contribution in [0, 0.1) is 0 Å². The van der Waals surface area contributed by atoms with Crippen LogP contribution in [0.15, 0.2) is 53.0 Å².